The lowest BCUT2D eigenvalue weighted by Crippen LogP contribution is -2.36. The van der Waals surface area contributed by atoms with Crippen LogP contribution in [0, 0.1) is 0 Å². The minimum absolute atomic E-state index is 0.0187. The Balaban J connectivity index is 1.31. The third-order valence-corrected chi connectivity index (χ3v) is 7.12. The number of ether oxygens (including phenoxy) is 1. The van der Waals surface area contributed by atoms with Gasteiger partial charge in [-0.2, -0.15) is 4.98 Å². The van der Waals surface area contributed by atoms with Crippen LogP contribution in [0.5, 0.6) is 0 Å². The predicted molar refractivity (Wildman–Crippen MR) is 121 cm³/mol. The zero-order valence-electron chi connectivity index (χ0n) is 16.9. The highest BCUT2D eigenvalue weighted by molar-refractivity contribution is 8.00. The minimum atomic E-state index is 0.0187. The topological polar surface area (TPSA) is 80.2 Å². The lowest BCUT2D eigenvalue weighted by atomic mass is 10.1. The summed E-state index contributed by atoms with van der Waals surface area (Å²) in [5, 5.41) is 4.84. The maximum absolute atomic E-state index is 12.4. The average Bonchev–Trinajstić information content (AvgIpc) is 3.23. The van der Waals surface area contributed by atoms with Crippen LogP contribution in [-0.2, 0) is 16.0 Å². The Morgan fingerprint density at radius 3 is 2.87 bits per heavy atom. The highest BCUT2D eigenvalue weighted by Crippen LogP contribution is 2.33. The van der Waals surface area contributed by atoms with Gasteiger partial charge in [0.05, 0.1) is 19.0 Å². The van der Waals surface area contributed by atoms with E-state index in [2.05, 4.69) is 37.3 Å². The molecule has 7 nitrogen and oxygen atoms in total. The molecule has 1 amide bonds. The summed E-state index contributed by atoms with van der Waals surface area (Å²) >= 11 is 3.02. The van der Waals surface area contributed by atoms with E-state index in [-0.39, 0.29) is 11.9 Å². The van der Waals surface area contributed by atoms with E-state index >= 15 is 0 Å². The Bertz CT molecular complexity index is 976. The number of hydrogen-bond acceptors (Lipinski definition) is 8. The van der Waals surface area contributed by atoms with Gasteiger partial charge in [-0.15, -0.1) is 0 Å². The molecule has 30 heavy (non-hydrogen) atoms. The highest BCUT2D eigenvalue weighted by atomic mass is 32.2. The van der Waals surface area contributed by atoms with Crippen molar-refractivity contribution in [2.45, 2.75) is 30.8 Å². The number of aromatic nitrogens is 3. The smallest absolute Gasteiger partial charge is 0.230 e. The molecule has 0 radical (unpaired) electrons. The molecule has 0 saturated carbocycles. The largest absolute Gasteiger partial charge is 0.378 e. The molecule has 1 saturated heterocycles. The maximum atomic E-state index is 12.4. The SMILES string of the molecule is C[C@H](CCc1ccccc1)NC(=O)CSc1ncnc2nc(N3CCOCC3)sc12. The van der Waals surface area contributed by atoms with Gasteiger partial charge < -0.3 is 15.0 Å². The number of aryl methyl sites for hydroxylation is 1. The lowest BCUT2D eigenvalue weighted by molar-refractivity contribution is -0.119. The van der Waals surface area contributed by atoms with Gasteiger partial charge in [0.1, 0.15) is 16.1 Å². The van der Waals surface area contributed by atoms with Gasteiger partial charge in [0.25, 0.3) is 0 Å². The van der Waals surface area contributed by atoms with E-state index < -0.39 is 0 Å². The van der Waals surface area contributed by atoms with Gasteiger partial charge in [-0.05, 0) is 25.3 Å². The normalized spacial score (nSPS) is 15.3. The molecule has 0 bridgehead atoms. The quantitative estimate of drug-likeness (QED) is 0.423. The molecule has 1 aliphatic rings. The van der Waals surface area contributed by atoms with Crippen molar-refractivity contribution >= 4 is 44.5 Å². The van der Waals surface area contributed by atoms with Gasteiger partial charge in [0.2, 0.25) is 5.91 Å². The van der Waals surface area contributed by atoms with Crippen LogP contribution in [0.2, 0.25) is 0 Å². The molecule has 4 rings (SSSR count). The van der Waals surface area contributed by atoms with Crippen molar-refractivity contribution in [3.05, 3.63) is 42.2 Å². The number of amides is 1. The lowest BCUT2D eigenvalue weighted by Gasteiger charge is -2.25. The Morgan fingerprint density at radius 1 is 1.27 bits per heavy atom. The van der Waals surface area contributed by atoms with Crippen molar-refractivity contribution in [1.82, 2.24) is 20.3 Å². The van der Waals surface area contributed by atoms with E-state index in [0.717, 1.165) is 40.8 Å². The average molecular weight is 444 g/mol. The maximum Gasteiger partial charge on any atom is 0.230 e. The van der Waals surface area contributed by atoms with E-state index in [9.17, 15) is 4.79 Å². The summed E-state index contributed by atoms with van der Waals surface area (Å²) < 4.78 is 6.36. The fourth-order valence-corrected chi connectivity index (χ4v) is 5.22. The minimum Gasteiger partial charge on any atom is -0.378 e. The van der Waals surface area contributed by atoms with Crippen LogP contribution in [0.25, 0.3) is 10.3 Å². The first kappa shape index (κ1) is 21.0. The zero-order valence-corrected chi connectivity index (χ0v) is 18.5. The summed E-state index contributed by atoms with van der Waals surface area (Å²) in [5.74, 6) is 0.345. The van der Waals surface area contributed by atoms with E-state index in [4.69, 9.17) is 4.74 Å². The predicted octanol–water partition coefficient (Wildman–Crippen LogP) is 3.15. The molecule has 1 atom stereocenters. The van der Waals surface area contributed by atoms with Crippen LogP contribution in [0.15, 0.2) is 41.7 Å². The molecular weight excluding hydrogens is 418 g/mol. The van der Waals surface area contributed by atoms with Crippen LogP contribution >= 0.6 is 23.1 Å². The molecule has 0 spiro atoms. The van der Waals surface area contributed by atoms with Gasteiger partial charge >= 0.3 is 0 Å². The van der Waals surface area contributed by atoms with Gasteiger partial charge in [-0.3, -0.25) is 4.79 Å². The molecule has 3 heterocycles. The Labute approximate surface area is 184 Å². The summed E-state index contributed by atoms with van der Waals surface area (Å²) in [5.41, 5.74) is 1.98. The van der Waals surface area contributed by atoms with E-state index in [1.807, 2.05) is 25.1 Å². The molecule has 1 aromatic carbocycles. The van der Waals surface area contributed by atoms with Crippen molar-refractivity contribution in [3.8, 4) is 0 Å². The zero-order chi connectivity index (χ0) is 20.8. The summed E-state index contributed by atoms with van der Waals surface area (Å²) in [7, 11) is 0. The first-order chi connectivity index (χ1) is 14.7. The van der Waals surface area contributed by atoms with Crippen LogP contribution < -0.4 is 10.2 Å². The van der Waals surface area contributed by atoms with Crippen LogP contribution in [-0.4, -0.2) is 59.0 Å². The van der Waals surface area contributed by atoms with E-state index in [0.29, 0.717) is 24.6 Å². The molecule has 3 aromatic rings. The standard InChI is InChI=1S/C21H25N5O2S2/c1-15(7-8-16-5-3-2-4-6-16)24-17(27)13-29-20-18-19(22-14-23-20)25-21(30-18)26-9-11-28-12-10-26/h2-6,14-15H,7-13H2,1H3,(H,24,27)/t15-/m1/s1. The number of carbonyl (C=O) groups is 1. The van der Waals surface area contributed by atoms with E-state index in [1.165, 1.54) is 23.7 Å². The molecule has 9 heteroatoms. The monoisotopic (exact) mass is 443 g/mol. The van der Waals surface area contributed by atoms with Gasteiger partial charge in [-0.1, -0.05) is 53.4 Å². The molecule has 0 unspecified atom stereocenters. The molecule has 2 aromatic heterocycles. The second-order valence-electron chi connectivity index (χ2n) is 7.21. The summed E-state index contributed by atoms with van der Waals surface area (Å²) in [4.78, 5) is 28.0. The summed E-state index contributed by atoms with van der Waals surface area (Å²) in [6, 6.07) is 10.5. The van der Waals surface area contributed by atoms with E-state index in [1.54, 1.807) is 11.3 Å². The molecule has 1 fully saturated rings. The number of morpholine rings is 1. The molecular formula is C21H25N5O2S2. The fourth-order valence-electron chi connectivity index (χ4n) is 3.27. The van der Waals surface area contributed by atoms with Crippen molar-refractivity contribution in [1.29, 1.82) is 0 Å². The number of fused-ring (bicyclic) bond motifs is 1. The number of benzene rings is 1. The number of carbonyl (C=O) groups excluding carboxylic acids is 1. The second kappa shape index (κ2) is 10.2. The number of hydrogen-bond donors (Lipinski definition) is 1. The van der Waals surface area contributed by atoms with Crippen LogP contribution in [0.1, 0.15) is 18.9 Å². The number of thiazole rings is 1. The molecule has 1 N–H and O–H groups in total. The molecule has 0 aliphatic carbocycles. The van der Waals surface area contributed by atoms with Gasteiger partial charge in [-0.25, -0.2) is 9.97 Å². The Morgan fingerprint density at radius 2 is 2.07 bits per heavy atom. The fraction of sp³-hybridized carbons (Fsp3) is 0.429. The summed E-state index contributed by atoms with van der Waals surface area (Å²) in [6.45, 7) is 5.14. The van der Waals surface area contributed by atoms with Crippen molar-refractivity contribution < 1.29 is 9.53 Å². The molecule has 158 valence electrons. The first-order valence-corrected chi connectivity index (χ1v) is 11.9. The molecule has 1 aliphatic heterocycles. The van der Waals surface area contributed by atoms with Crippen LogP contribution in [0.3, 0.4) is 0 Å². The number of nitrogens with zero attached hydrogens (tertiary/aromatic N) is 4. The Hall–Kier alpha value is -2.23. The number of nitrogens with one attached hydrogen (secondary N) is 1. The summed E-state index contributed by atoms with van der Waals surface area (Å²) in [6.07, 6.45) is 3.39. The number of anilines is 1. The first-order valence-electron chi connectivity index (χ1n) is 10.1. The highest BCUT2D eigenvalue weighted by Gasteiger charge is 2.18. The van der Waals surface area contributed by atoms with Crippen LogP contribution in [0.4, 0.5) is 5.13 Å². The number of rotatable bonds is 8. The Kier molecular flexibility index (Phi) is 7.14. The van der Waals surface area contributed by atoms with Crippen molar-refractivity contribution in [3.63, 3.8) is 0 Å². The van der Waals surface area contributed by atoms with Crippen molar-refractivity contribution in [2.75, 3.05) is 37.0 Å². The third kappa shape index (κ3) is 5.47. The third-order valence-electron chi connectivity index (χ3n) is 4.89. The second-order valence-corrected chi connectivity index (χ2v) is 9.15. The van der Waals surface area contributed by atoms with Gasteiger partial charge in [0, 0.05) is 19.1 Å². The number of thioether (sulfide) groups is 1. The van der Waals surface area contributed by atoms with Gasteiger partial charge in [0.15, 0.2) is 10.8 Å². The van der Waals surface area contributed by atoms with Crippen molar-refractivity contribution in [2.24, 2.45) is 0 Å².